The van der Waals surface area contributed by atoms with Gasteiger partial charge in [0.1, 0.15) is 0 Å². The van der Waals surface area contributed by atoms with Crippen LogP contribution in [-0.4, -0.2) is 25.8 Å². The Labute approximate surface area is 434 Å². The van der Waals surface area contributed by atoms with E-state index in [0.717, 1.165) is 39.5 Å². The second-order valence-electron chi connectivity index (χ2n) is 20.0. The van der Waals surface area contributed by atoms with Crippen LogP contribution in [0.2, 0.25) is 0 Å². The van der Waals surface area contributed by atoms with Crippen LogP contribution in [-0.2, 0) is 0 Å². The molecule has 14 aromatic rings. The molecule has 0 atom stereocenters. The molecule has 346 valence electrons. The van der Waals surface area contributed by atoms with Crippen molar-refractivity contribution < 1.29 is 0 Å². The van der Waals surface area contributed by atoms with Gasteiger partial charge < -0.3 is 9.13 Å². The molecule has 4 nitrogen and oxygen atoms in total. The van der Waals surface area contributed by atoms with Crippen LogP contribution in [0.1, 0.15) is 0 Å². The highest BCUT2D eigenvalue weighted by Gasteiger charge is 2.42. The van der Waals surface area contributed by atoms with Crippen molar-refractivity contribution in [3.8, 4) is 89.8 Å². The lowest BCUT2D eigenvalue weighted by Gasteiger charge is -2.34. The predicted octanol–water partition coefficient (Wildman–Crippen LogP) is 15.5. The van der Waals surface area contributed by atoms with Gasteiger partial charge in [-0.3, -0.25) is 0 Å². The molecule has 0 saturated carbocycles. The molecule has 0 N–H and O–H groups in total. The van der Waals surface area contributed by atoms with Crippen LogP contribution in [0.4, 0.5) is 0 Å². The van der Waals surface area contributed by atoms with E-state index in [4.69, 9.17) is 9.97 Å². The van der Waals surface area contributed by atoms with E-state index in [1.54, 1.807) is 0 Å². The van der Waals surface area contributed by atoms with E-state index in [0.29, 0.717) is 5.82 Å². The van der Waals surface area contributed by atoms with Crippen LogP contribution in [0, 0.1) is 0 Å². The van der Waals surface area contributed by atoms with Crippen LogP contribution >= 0.6 is 0 Å². The summed E-state index contributed by atoms with van der Waals surface area (Å²) in [6.45, 7) is -0.0790. The number of benzene rings is 11. The van der Waals surface area contributed by atoms with Gasteiger partial charge in [0.15, 0.2) is 5.82 Å². The Hall–Kier alpha value is -9.84. The van der Waals surface area contributed by atoms with E-state index in [-0.39, 0.29) is 6.71 Å². The highest BCUT2D eigenvalue weighted by Crippen LogP contribution is 2.46. The summed E-state index contributed by atoms with van der Waals surface area (Å²) in [6, 6.07) is 95.3. The van der Waals surface area contributed by atoms with Gasteiger partial charge in [-0.2, -0.15) is 0 Å². The molecule has 0 aliphatic carbocycles. The zero-order valence-corrected chi connectivity index (χ0v) is 40.7. The molecular formula is C70H43BN4. The highest BCUT2D eigenvalue weighted by atomic mass is 15.0. The zero-order chi connectivity index (χ0) is 49.1. The van der Waals surface area contributed by atoms with E-state index >= 15 is 0 Å². The van der Waals surface area contributed by atoms with Crippen LogP contribution < -0.4 is 16.4 Å². The van der Waals surface area contributed by atoms with Crippen molar-refractivity contribution in [1.82, 2.24) is 19.1 Å². The molecule has 16 rings (SSSR count). The average molecular weight is 951 g/mol. The summed E-state index contributed by atoms with van der Waals surface area (Å²) in [5, 5.41) is 4.99. The first-order valence-corrected chi connectivity index (χ1v) is 25.8. The van der Waals surface area contributed by atoms with Crippen molar-refractivity contribution in [2.75, 3.05) is 0 Å². The summed E-state index contributed by atoms with van der Waals surface area (Å²) in [4.78, 5) is 10.8. The Morgan fingerprint density at radius 3 is 1.12 bits per heavy atom. The number of rotatable bonds is 7. The quantitative estimate of drug-likeness (QED) is 0.149. The van der Waals surface area contributed by atoms with Crippen LogP contribution in [0.15, 0.2) is 261 Å². The van der Waals surface area contributed by atoms with E-state index in [9.17, 15) is 0 Å². The smallest absolute Gasteiger partial charge is 0.252 e. The van der Waals surface area contributed by atoms with Crippen LogP contribution in [0.5, 0.6) is 0 Å². The van der Waals surface area contributed by atoms with Gasteiger partial charge in [0.25, 0.3) is 6.71 Å². The molecule has 2 aliphatic heterocycles. The zero-order valence-electron chi connectivity index (χ0n) is 40.7. The Bertz CT molecular complexity index is 4320. The van der Waals surface area contributed by atoms with Gasteiger partial charge in [-0.05, 0) is 103 Å². The number of hydrogen-bond donors (Lipinski definition) is 0. The molecule has 5 heterocycles. The summed E-state index contributed by atoms with van der Waals surface area (Å²) in [5.41, 5.74) is 25.5. The fourth-order valence-corrected chi connectivity index (χ4v) is 12.6. The van der Waals surface area contributed by atoms with Crippen molar-refractivity contribution in [3.63, 3.8) is 0 Å². The fraction of sp³-hybridized carbons (Fsp3) is 0. The highest BCUT2D eigenvalue weighted by molar-refractivity contribution is 7.00. The summed E-state index contributed by atoms with van der Waals surface area (Å²) >= 11 is 0. The van der Waals surface area contributed by atoms with Gasteiger partial charge in [0.2, 0.25) is 0 Å². The molecule has 3 aromatic heterocycles. The summed E-state index contributed by atoms with van der Waals surface area (Å²) in [7, 11) is 0. The molecular weight excluding hydrogens is 908 g/mol. The van der Waals surface area contributed by atoms with Crippen LogP contribution in [0.25, 0.3) is 133 Å². The van der Waals surface area contributed by atoms with Gasteiger partial charge in [-0.1, -0.05) is 218 Å². The maximum Gasteiger partial charge on any atom is 0.252 e. The molecule has 2 aliphatic rings. The van der Waals surface area contributed by atoms with Gasteiger partial charge in [0.05, 0.1) is 22.4 Å². The van der Waals surface area contributed by atoms with Gasteiger partial charge in [-0.15, -0.1) is 0 Å². The molecule has 75 heavy (non-hydrogen) atoms. The van der Waals surface area contributed by atoms with Crippen LogP contribution in [0.3, 0.4) is 0 Å². The molecule has 0 spiro atoms. The Balaban J connectivity index is 1.08. The first-order valence-electron chi connectivity index (χ1n) is 25.8. The number of nitrogens with zero attached hydrogens (tertiary/aromatic N) is 4. The van der Waals surface area contributed by atoms with Crippen molar-refractivity contribution in [3.05, 3.63) is 261 Å². The first kappa shape index (κ1) is 41.7. The van der Waals surface area contributed by atoms with Gasteiger partial charge in [0, 0.05) is 60.6 Å². The maximum atomic E-state index is 5.52. The van der Waals surface area contributed by atoms with E-state index in [1.165, 1.54) is 105 Å². The SMILES string of the molecule is c1ccc(-c2ccc3c(c2)c2c(-c4ccccc4)ccc4c2n3-c2cc(-c3cc(-c5ccccc5)nc(-c5ccccc5)n3)cc3c2B4c2ccc(-c4ccccc4)c4c5cc(-c6ccccc6)ccc5n-3c24)cc1. The second kappa shape index (κ2) is 16.3. The second-order valence-corrected chi connectivity index (χ2v) is 20.0. The Morgan fingerprint density at radius 2 is 0.680 bits per heavy atom. The molecule has 0 unspecified atom stereocenters. The minimum atomic E-state index is -0.0790. The predicted molar refractivity (Wildman–Crippen MR) is 313 cm³/mol. The molecule has 0 saturated heterocycles. The molecule has 11 aromatic carbocycles. The van der Waals surface area contributed by atoms with E-state index in [1.807, 2.05) is 6.07 Å². The minimum Gasteiger partial charge on any atom is -0.310 e. The lowest BCUT2D eigenvalue weighted by Crippen LogP contribution is -2.59. The fourth-order valence-electron chi connectivity index (χ4n) is 12.6. The minimum absolute atomic E-state index is 0.0790. The van der Waals surface area contributed by atoms with Crippen molar-refractivity contribution in [2.45, 2.75) is 0 Å². The van der Waals surface area contributed by atoms with Gasteiger partial charge in [-0.25, -0.2) is 9.97 Å². The third kappa shape index (κ3) is 6.31. The molecule has 0 fully saturated rings. The first-order chi connectivity index (χ1) is 37.2. The normalized spacial score (nSPS) is 12.2. The monoisotopic (exact) mass is 950 g/mol. The lowest BCUT2D eigenvalue weighted by molar-refractivity contribution is 1.14. The van der Waals surface area contributed by atoms with Crippen molar-refractivity contribution in [1.29, 1.82) is 0 Å². The largest absolute Gasteiger partial charge is 0.310 e. The molecule has 0 radical (unpaired) electrons. The number of aromatic nitrogens is 4. The summed E-state index contributed by atoms with van der Waals surface area (Å²) < 4.78 is 5.19. The average Bonchev–Trinajstić information content (AvgIpc) is 4.05. The van der Waals surface area contributed by atoms with Crippen molar-refractivity contribution >= 4 is 66.7 Å². The van der Waals surface area contributed by atoms with Gasteiger partial charge >= 0.3 is 0 Å². The number of hydrogen-bond acceptors (Lipinski definition) is 2. The molecule has 0 amide bonds. The third-order valence-corrected chi connectivity index (χ3v) is 15.9. The summed E-state index contributed by atoms with van der Waals surface area (Å²) in [5.74, 6) is 0.691. The Morgan fingerprint density at radius 1 is 0.293 bits per heavy atom. The van der Waals surface area contributed by atoms with E-state index in [2.05, 4.69) is 264 Å². The Kier molecular flexibility index (Phi) is 9.10. The standard InChI is InChI=1S/C70H43BN4/c1-7-19-44(20-8-1)50-31-37-61-55(39-50)65-53(46-23-11-3-12-24-46)33-35-57-68(65)74(61)63-41-52(60-43-59(48-27-15-5-16-28-48)72-70(73-60)49-29-17-6-18-30-49)42-64-67(63)71(57)58-36-34-54(47-25-13-4-14-26-47)66-56-40-51(45-21-9-2-10-22-45)32-38-62(56)75(64)69(58)66/h1-43H. The third-order valence-electron chi connectivity index (χ3n) is 15.9. The number of fused-ring (bicyclic) bond motifs is 10. The van der Waals surface area contributed by atoms with Crippen molar-refractivity contribution in [2.24, 2.45) is 0 Å². The van der Waals surface area contributed by atoms with E-state index < -0.39 is 0 Å². The molecule has 5 heteroatoms. The lowest BCUT2D eigenvalue weighted by atomic mass is 9.34. The maximum absolute atomic E-state index is 5.52. The topological polar surface area (TPSA) is 35.6 Å². The summed E-state index contributed by atoms with van der Waals surface area (Å²) in [6.07, 6.45) is 0. The molecule has 0 bridgehead atoms.